The molecule has 0 amide bonds. The number of hydrogen-bond acceptors (Lipinski definition) is 6. The minimum Gasteiger partial charge on any atom is -0.466 e. The molecule has 0 aromatic rings. The molecule has 0 aromatic heterocycles. The zero-order valence-corrected chi connectivity index (χ0v) is 7.18. The first-order valence-corrected chi connectivity index (χ1v) is 3.24. The van der Waals surface area contributed by atoms with Crippen molar-refractivity contribution < 1.29 is 29.3 Å². The van der Waals surface area contributed by atoms with E-state index in [1.54, 1.807) is 0 Å². The predicted octanol–water partition coefficient (Wildman–Crippen LogP) is -1.43. The minimum atomic E-state index is -2.80. The third kappa shape index (κ3) is 3.68. The van der Waals surface area contributed by atoms with Crippen LogP contribution in [0, 0.1) is 0 Å². The first kappa shape index (κ1) is 11.6. The molecule has 0 saturated heterocycles. The smallest absolute Gasteiger partial charge is 0.370 e. The zero-order valence-electron chi connectivity index (χ0n) is 7.18. The van der Waals surface area contributed by atoms with Crippen LogP contribution in [0.25, 0.3) is 0 Å². The van der Waals surface area contributed by atoms with Gasteiger partial charge in [0.1, 0.15) is 0 Å². The number of aliphatic hydroxyl groups is 2. The summed E-state index contributed by atoms with van der Waals surface area (Å²) in [5.74, 6) is -4.90. The van der Waals surface area contributed by atoms with E-state index in [0.717, 1.165) is 14.2 Å². The van der Waals surface area contributed by atoms with Crippen molar-refractivity contribution in [3.8, 4) is 0 Å². The summed E-state index contributed by atoms with van der Waals surface area (Å²) in [5, 5.41) is 17.8. The quantitative estimate of drug-likeness (QED) is 0.322. The average Bonchev–Trinajstić information content (AvgIpc) is 2.12. The molecule has 13 heavy (non-hydrogen) atoms. The zero-order chi connectivity index (χ0) is 10.5. The highest BCUT2D eigenvalue weighted by Gasteiger charge is 2.31. The van der Waals surface area contributed by atoms with Crippen LogP contribution in [0.5, 0.6) is 0 Å². The summed E-state index contributed by atoms with van der Waals surface area (Å²) in [7, 11) is 2.09. The van der Waals surface area contributed by atoms with Gasteiger partial charge in [0.25, 0.3) is 5.79 Å². The molecule has 0 fully saturated rings. The van der Waals surface area contributed by atoms with Gasteiger partial charge in [-0.2, -0.15) is 0 Å². The Labute approximate surface area is 74.4 Å². The summed E-state index contributed by atoms with van der Waals surface area (Å²) < 4.78 is 8.20. The van der Waals surface area contributed by atoms with E-state index in [2.05, 4.69) is 9.47 Å². The normalized spacial score (nSPS) is 11.4. The van der Waals surface area contributed by atoms with Crippen molar-refractivity contribution in [1.82, 2.24) is 0 Å². The maximum absolute atomic E-state index is 10.6. The minimum absolute atomic E-state index is 0.560. The van der Waals surface area contributed by atoms with Crippen LogP contribution >= 0.6 is 0 Å². The molecule has 74 valence electrons. The van der Waals surface area contributed by atoms with Crippen LogP contribution < -0.4 is 0 Å². The summed E-state index contributed by atoms with van der Waals surface area (Å²) in [6.07, 6.45) is 1.27. The van der Waals surface area contributed by atoms with Crippen molar-refractivity contribution in [1.29, 1.82) is 0 Å². The van der Waals surface area contributed by atoms with Gasteiger partial charge in [-0.15, -0.1) is 0 Å². The second kappa shape index (κ2) is 4.58. The third-order valence-corrected chi connectivity index (χ3v) is 1.14. The molecule has 0 spiro atoms. The predicted molar refractivity (Wildman–Crippen MR) is 40.3 cm³/mol. The molecule has 0 atom stereocenters. The molecule has 0 rings (SSSR count). The standard InChI is InChI=1S/C7H10O6/c1-12-5(8)3-4-7(10,11)6(9)13-2/h3-4,10-11H,1-2H3. The molecule has 6 nitrogen and oxygen atoms in total. The summed E-state index contributed by atoms with van der Waals surface area (Å²) in [6.45, 7) is 0. The van der Waals surface area contributed by atoms with Crippen LogP contribution in [0.4, 0.5) is 0 Å². The summed E-state index contributed by atoms with van der Waals surface area (Å²) in [6, 6.07) is 0. The lowest BCUT2D eigenvalue weighted by Gasteiger charge is -2.12. The van der Waals surface area contributed by atoms with E-state index in [1.807, 2.05) is 0 Å². The Balaban J connectivity index is 4.40. The average molecular weight is 190 g/mol. The van der Waals surface area contributed by atoms with Gasteiger partial charge in [-0.1, -0.05) is 0 Å². The fourth-order valence-corrected chi connectivity index (χ4v) is 0.471. The van der Waals surface area contributed by atoms with E-state index in [9.17, 15) is 9.59 Å². The summed E-state index contributed by atoms with van der Waals surface area (Å²) in [5.41, 5.74) is 0. The lowest BCUT2D eigenvalue weighted by atomic mass is 10.2. The maximum Gasteiger partial charge on any atom is 0.370 e. The van der Waals surface area contributed by atoms with Crippen LogP contribution in [-0.2, 0) is 19.1 Å². The molecule has 0 aliphatic heterocycles. The molecule has 0 saturated carbocycles. The number of carbonyl (C=O) groups excluding carboxylic acids is 2. The Hall–Kier alpha value is -1.40. The van der Waals surface area contributed by atoms with E-state index in [4.69, 9.17) is 10.2 Å². The molecule has 0 heterocycles. The lowest BCUT2D eigenvalue weighted by Crippen LogP contribution is -2.37. The van der Waals surface area contributed by atoms with E-state index in [0.29, 0.717) is 12.2 Å². The van der Waals surface area contributed by atoms with Crippen LogP contribution in [0.3, 0.4) is 0 Å². The van der Waals surface area contributed by atoms with E-state index >= 15 is 0 Å². The SMILES string of the molecule is COC(=O)C=CC(O)(O)C(=O)OC. The Bertz CT molecular complexity index is 229. The van der Waals surface area contributed by atoms with E-state index in [-0.39, 0.29) is 0 Å². The highest BCUT2D eigenvalue weighted by molar-refractivity contribution is 5.85. The molecule has 0 bridgehead atoms. The number of methoxy groups -OCH3 is 2. The van der Waals surface area contributed by atoms with Gasteiger partial charge in [0.15, 0.2) is 0 Å². The topological polar surface area (TPSA) is 93.1 Å². The summed E-state index contributed by atoms with van der Waals surface area (Å²) >= 11 is 0. The molecule has 0 aliphatic carbocycles. The van der Waals surface area contributed by atoms with Crippen molar-refractivity contribution in [2.75, 3.05) is 14.2 Å². The van der Waals surface area contributed by atoms with Gasteiger partial charge in [-0.05, 0) is 6.08 Å². The molecular weight excluding hydrogens is 180 g/mol. The Morgan fingerprint density at radius 3 is 2.15 bits per heavy atom. The number of ether oxygens (including phenoxy) is 2. The van der Waals surface area contributed by atoms with Crippen molar-refractivity contribution in [3.63, 3.8) is 0 Å². The van der Waals surface area contributed by atoms with Crippen molar-refractivity contribution in [2.45, 2.75) is 5.79 Å². The van der Waals surface area contributed by atoms with Gasteiger partial charge in [0, 0.05) is 6.08 Å². The molecule has 0 radical (unpaired) electrons. The highest BCUT2D eigenvalue weighted by Crippen LogP contribution is 2.03. The fraction of sp³-hybridized carbons (Fsp3) is 0.429. The van der Waals surface area contributed by atoms with E-state index < -0.39 is 17.7 Å². The van der Waals surface area contributed by atoms with Gasteiger partial charge >= 0.3 is 11.9 Å². The largest absolute Gasteiger partial charge is 0.466 e. The lowest BCUT2D eigenvalue weighted by molar-refractivity contribution is -0.190. The Kier molecular flexibility index (Phi) is 4.09. The van der Waals surface area contributed by atoms with Gasteiger partial charge in [-0.25, -0.2) is 9.59 Å². The van der Waals surface area contributed by atoms with Crippen LogP contribution in [0.15, 0.2) is 12.2 Å². The monoisotopic (exact) mass is 190 g/mol. The number of esters is 2. The van der Waals surface area contributed by atoms with Crippen LogP contribution in [0.2, 0.25) is 0 Å². The molecular formula is C7H10O6. The molecule has 0 unspecified atom stereocenters. The van der Waals surface area contributed by atoms with Crippen LogP contribution in [0.1, 0.15) is 0 Å². The Morgan fingerprint density at radius 1 is 1.23 bits per heavy atom. The number of hydrogen-bond donors (Lipinski definition) is 2. The first-order valence-electron chi connectivity index (χ1n) is 3.24. The van der Waals surface area contributed by atoms with Gasteiger partial charge in [0.2, 0.25) is 0 Å². The first-order chi connectivity index (χ1) is 5.94. The third-order valence-electron chi connectivity index (χ3n) is 1.14. The highest BCUT2D eigenvalue weighted by atomic mass is 16.6. The molecule has 0 aromatic carbocycles. The number of rotatable bonds is 3. The maximum atomic E-state index is 10.6. The van der Waals surface area contributed by atoms with Crippen molar-refractivity contribution in [3.05, 3.63) is 12.2 Å². The Morgan fingerprint density at radius 2 is 1.77 bits per heavy atom. The van der Waals surface area contributed by atoms with Gasteiger partial charge in [0.05, 0.1) is 14.2 Å². The van der Waals surface area contributed by atoms with Gasteiger partial charge < -0.3 is 19.7 Å². The fourth-order valence-electron chi connectivity index (χ4n) is 0.471. The van der Waals surface area contributed by atoms with Crippen LogP contribution in [-0.4, -0.2) is 42.2 Å². The van der Waals surface area contributed by atoms with E-state index in [1.165, 1.54) is 0 Å². The number of carbonyl (C=O) groups is 2. The summed E-state index contributed by atoms with van der Waals surface area (Å²) in [4.78, 5) is 21.1. The molecule has 6 heteroatoms. The second-order valence-electron chi connectivity index (χ2n) is 2.07. The van der Waals surface area contributed by atoms with Crippen molar-refractivity contribution >= 4 is 11.9 Å². The van der Waals surface area contributed by atoms with Gasteiger partial charge in [-0.3, -0.25) is 0 Å². The second-order valence-corrected chi connectivity index (χ2v) is 2.07. The molecule has 2 N–H and O–H groups in total. The molecule has 0 aliphatic rings. The van der Waals surface area contributed by atoms with Crippen molar-refractivity contribution in [2.24, 2.45) is 0 Å².